The van der Waals surface area contributed by atoms with Gasteiger partial charge >= 0.3 is 5.91 Å². The van der Waals surface area contributed by atoms with Crippen LogP contribution in [0.1, 0.15) is 29.0 Å². The van der Waals surface area contributed by atoms with Gasteiger partial charge in [-0.25, -0.2) is 5.01 Å². The molecule has 32 heavy (non-hydrogen) atoms. The van der Waals surface area contributed by atoms with Crippen molar-refractivity contribution in [1.29, 1.82) is 0 Å². The minimum absolute atomic E-state index is 0.249. The molecule has 0 radical (unpaired) electrons. The third kappa shape index (κ3) is 4.70. The highest BCUT2D eigenvalue weighted by Gasteiger charge is 2.26. The van der Waals surface area contributed by atoms with Gasteiger partial charge in [0.05, 0.1) is 0 Å². The van der Waals surface area contributed by atoms with Crippen molar-refractivity contribution in [2.24, 2.45) is 11.0 Å². The molecular formula is C23H22Cl2N4O3. The van der Waals surface area contributed by atoms with Crippen molar-refractivity contribution in [3.63, 3.8) is 0 Å². The number of benzene rings is 2. The Morgan fingerprint density at radius 1 is 1.06 bits per heavy atom. The van der Waals surface area contributed by atoms with Crippen molar-refractivity contribution in [1.82, 2.24) is 15.4 Å². The lowest BCUT2D eigenvalue weighted by Gasteiger charge is -2.32. The van der Waals surface area contributed by atoms with Gasteiger partial charge in [0, 0.05) is 40.6 Å². The van der Waals surface area contributed by atoms with Gasteiger partial charge in [0.15, 0.2) is 12.5 Å². The number of carbonyl (C=O) groups is 1. The molecule has 0 atom stereocenters. The maximum absolute atomic E-state index is 12.6. The summed E-state index contributed by atoms with van der Waals surface area (Å²) in [6, 6.07) is 14.5. The number of hydrazine groups is 1. The second kappa shape index (κ2) is 9.02. The number of hydrogen-bond donors (Lipinski definition) is 1. The normalized spacial score (nSPS) is 17.4. The summed E-state index contributed by atoms with van der Waals surface area (Å²) in [5, 5.41) is 10.6. The maximum atomic E-state index is 12.6. The van der Waals surface area contributed by atoms with Gasteiger partial charge < -0.3 is 9.15 Å². The first-order valence-corrected chi connectivity index (χ1v) is 11.3. The predicted molar refractivity (Wildman–Crippen MR) is 124 cm³/mol. The average molecular weight is 473 g/mol. The quantitative estimate of drug-likeness (QED) is 0.580. The molecule has 3 aromatic rings. The summed E-state index contributed by atoms with van der Waals surface area (Å²) in [7, 11) is 0. The largest absolute Gasteiger partial charge is 0.453 e. The lowest BCUT2D eigenvalue weighted by Crippen LogP contribution is -2.47. The third-order valence-electron chi connectivity index (χ3n) is 5.72. The highest BCUT2D eigenvalue weighted by Crippen LogP contribution is 2.24. The fraction of sp³-hybridized carbons (Fsp3) is 0.304. The lowest BCUT2D eigenvalue weighted by atomic mass is 9.97. The van der Waals surface area contributed by atoms with Gasteiger partial charge in [-0.05, 0) is 67.3 Å². The first-order chi connectivity index (χ1) is 15.5. The molecule has 2 aliphatic heterocycles. The number of ether oxygens (including phenoxy) is 1. The molecule has 7 nitrogen and oxygen atoms in total. The van der Waals surface area contributed by atoms with E-state index in [0.29, 0.717) is 34.2 Å². The van der Waals surface area contributed by atoms with Crippen LogP contribution in [0.5, 0.6) is 0 Å². The zero-order valence-corrected chi connectivity index (χ0v) is 18.8. The first-order valence-electron chi connectivity index (χ1n) is 10.5. The molecule has 1 fully saturated rings. The summed E-state index contributed by atoms with van der Waals surface area (Å²) in [6.45, 7) is 2.81. The van der Waals surface area contributed by atoms with E-state index in [1.54, 1.807) is 24.3 Å². The van der Waals surface area contributed by atoms with Gasteiger partial charge in [-0.3, -0.25) is 15.2 Å². The monoisotopic (exact) mass is 472 g/mol. The third-order valence-corrected chi connectivity index (χ3v) is 6.21. The molecule has 5 rings (SSSR count). The van der Waals surface area contributed by atoms with E-state index in [-0.39, 0.29) is 11.7 Å². The van der Waals surface area contributed by atoms with E-state index in [1.165, 1.54) is 0 Å². The number of furan rings is 1. The van der Waals surface area contributed by atoms with Crippen molar-refractivity contribution in [2.75, 3.05) is 26.4 Å². The predicted octanol–water partition coefficient (Wildman–Crippen LogP) is 4.75. The minimum Gasteiger partial charge on any atom is -0.453 e. The van der Waals surface area contributed by atoms with E-state index in [1.807, 2.05) is 34.3 Å². The Kier molecular flexibility index (Phi) is 5.95. The van der Waals surface area contributed by atoms with E-state index < -0.39 is 0 Å². The lowest BCUT2D eigenvalue weighted by molar-refractivity contribution is 0.0616. The van der Waals surface area contributed by atoms with E-state index in [0.717, 1.165) is 43.4 Å². The topological polar surface area (TPSA) is 70.3 Å². The number of hydrazone groups is 1. The Morgan fingerprint density at radius 3 is 2.59 bits per heavy atom. The summed E-state index contributed by atoms with van der Waals surface area (Å²) in [5.74, 6) is 1.13. The van der Waals surface area contributed by atoms with Gasteiger partial charge in [-0.1, -0.05) is 23.2 Å². The molecule has 0 spiro atoms. The molecule has 3 heterocycles. The smallest absolute Gasteiger partial charge is 0.301 e. The number of amides is 1. The molecule has 0 aliphatic carbocycles. The van der Waals surface area contributed by atoms with Crippen molar-refractivity contribution < 1.29 is 13.9 Å². The summed E-state index contributed by atoms with van der Waals surface area (Å²) >= 11 is 12.0. The first kappa shape index (κ1) is 21.1. The van der Waals surface area contributed by atoms with Gasteiger partial charge in [0.2, 0.25) is 5.90 Å². The summed E-state index contributed by atoms with van der Waals surface area (Å²) in [6.07, 6.45) is 1.91. The number of halogens is 2. The molecular weight excluding hydrogens is 451 g/mol. The SMILES string of the molecule is O=C(NN1CCC(CN2COC(c3ccc(Cl)cc3)=N2)CC1)c1cc2cc(Cl)ccc2o1. The van der Waals surface area contributed by atoms with Crippen LogP contribution in [0.4, 0.5) is 0 Å². The fourth-order valence-corrected chi connectivity index (χ4v) is 4.31. The van der Waals surface area contributed by atoms with Gasteiger partial charge in [0.1, 0.15) is 5.58 Å². The molecule has 1 N–H and O–H groups in total. The van der Waals surface area contributed by atoms with Crippen molar-refractivity contribution >= 4 is 46.0 Å². The van der Waals surface area contributed by atoms with E-state index in [4.69, 9.17) is 32.4 Å². The van der Waals surface area contributed by atoms with E-state index in [2.05, 4.69) is 10.5 Å². The van der Waals surface area contributed by atoms with E-state index >= 15 is 0 Å². The number of piperidine rings is 1. The summed E-state index contributed by atoms with van der Waals surface area (Å²) in [5.41, 5.74) is 4.51. The van der Waals surface area contributed by atoms with Crippen molar-refractivity contribution in [3.8, 4) is 0 Å². The molecule has 2 aromatic carbocycles. The molecule has 1 saturated heterocycles. The molecule has 166 valence electrons. The van der Waals surface area contributed by atoms with Crippen LogP contribution in [0.2, 0.25) is 10.0 Å². The van der Waals surface area contributed by atoms with Crippen LogP contribution in [-0.2, 0) is 4.74 Å². The van der Waals surface area contributed by atoms with Crippen LogP contribution in [0.15, 0.2) is 58.0 Å². The zero-order chi connectivity index (χ0) is 22.1. The Hall–Kier alpha value is -2.74. The Balaban J connectivity index is 1.12. The summed E-state index contributed by atoms with van der Waals surface area (Å²) < 4.78 is 11.4. The molecule has 1 aromatic heterocycles. The average Bonchev–Trinajstić information content (AvgIpc) is 3.42. The van der Waals surface area contributed by atoms with Gasteiger partial charge in [0.25, 0.3) is 0 Å². The van der Waals surface area contributed by atoms with E-state index in [9.17, 15) is 4.79 Å². The molecule has 0 bridgehead atoms. The zero-order valence-electron chi connectivity index (χ0n) is 17.3. The number of nitrogens with zero attached hydrogens (tertiary/aromatic N) is 3. The highest BCUT2D eigenvalue weighted by molar-refractivity contribution is 6.31. The maximum Gasteiger partial charge on any atom is 0.301 e. The second-order valence-corrected chi connectivity index (χ2v) is 8.91. The van der Waals surface area contributed by atoms with Crippen LogP contribution >= 0.6 is 23.2 Å². The Bertz CT molecular complexity index is 1150. The highest BCUT2D eigenvalue weighted by atomic mass is 35.5. The van der Waals surface area contributed by atoms with Crippen LogP contribution in [-0.4, -0.2) is 48.2 Å². The number of fused-ring (bicyclic) bond motifs is 1. The number of carbonyl (C=O) groups excluding carboxylic acids is 1. The van der Waals surface area contributed by atoms with Crippen LogP contribution in [0, 0.1) is 5.92 Å². The van der Waals surface area contributed by atoms with Crippen LogP contribution in [0.25, 0.3) is 11.0 Å². The Morgan fingerprint density at radius 2 is 1.81 bits per heavy atom. The fourth-order valence-electron chi connectivity index (χ4n) is 4.00. The van der Waals surface area contributed by atoms with Gasteiger partial charge in [-0.2, -0.15) is 0 Å². The van der Waals surface area contributed by atoms with Crippen molar-refractivity contribution in [2.45, 2.75) is 12.8 Å². The number of hydrogen-bond acceptors (Lipinski definition) is 6. The molecule has 2 aliphatic rings. The molecule has 0 saturated carbocycles. The number of nitrogens with one attached hydrogen (secondary N) is 1. The Labute approximate surface area is 195 Å². The van der Waals surface area contributed by atoms with Crippen molar-refractivity contribution in [3.05, 3.63) is 69.9 Å². The van der Waals surface area contributed by atoms with Gasteiger partial charge in [-0.15, -0.1) is 5.10 Å². The minimum atomic E-state index is -0.249. The van der Waals surface area contributed by atoms with Crippen LogP contribution < -0.4 is 5.43 Å². The molecule has 9 heteroatoms. The number of rotatable bonds is 5. The van der Waals surface area contributed by atoms with Crippen LogP contribution in [0.3, 0.4) is 0 Å². The second-order valence-electron chi connectivity index (χ2n) is 8.04. The standard InChI is InChI=1S/C23H22Cl2N4O3/c24-18-3-1-16(2-4-18)23-27-29(14-31-23)13-15-7-9-28(10-8-15)26-22(30)21-12-17-11-19(25)5-6-20(17)32-21/h1-6,11-12,15H,7-10,13-14H2,(H,26,30). The molecule has 0 unspecified atom stereocenters. The summed E-state index contributed by atoms with van der Waals surface area (Å²) in [4.78, 5) is 12.6. The molecule has 1 amide bonds.